The highest BCUT2D eigenvalue weighted by Gasteiger charge is 1.89. The Hall–Kier alpha value is 0. The fourth-order valence-electron chi connectivity index (χ4n) is 1.18. The lowest BCUT2D eigenvalue weighted by atomic mass is 10.1. The maximum atomic E-state index is 3.80. The van der Waals surface area contributed by atoms with Crippen molar-refractivity contribution in [2.45, 2.75) is 58.3 Å². The zero-order valence-electron chi connectivity index (χ0n) is 7.94. The summed E-state index contributed by atoms with van der Waals surface area (Å²) in [6, 6.07) is 0. The Labute approximate surface area is 72.4 Å². The molecule has 0 aliphatic rings. The second-order valence-electron chi connectivity index (χ2n) is 3.13. The highest BCUT2D eigenvalue weighted by Crippen LogP contribution is 2.07. The molecule has 0 bridgehead atoms. The Morgan fingerprint density at radius 1 is 1.00 bits per heavy atom. The van der Waals surface area contributed by atoms with E-state index >= 15 is 0 Å². The van der Waals surface area contributed by atoms with Crippen molar-refractivity contribution in [2.24, 2.45) is 0 Å². The molecule has 0 heterocycles. The maximum Gasteiger partial charge on any atom is -0.0386 e. The molecule has 0 unspecified atom stereocenters. The first kappa shape index (κ1) is 11.0. The van der Waals surface area contributed by atoms with Gasteiger partial charge >= 0.3 is 0 Å². The molecule has 0 heteroatoms. The average Bonchev–Trinajstić information content (AvgIpc) is 2.03. The summed E-state index contributed by atoms with van der Waals surface area (Å²) in [5.41, 5.74) is 0. The van der Waals surface area contributed by atoms with Gasteiger partial charge in [0, 0.05) is 0 Å². The SMILES string of the molecule is [CH2]CC[CH]CCCCCCC. The van der Waals surface area contributed by atoms with Gasteiger partial charge in [-0.2, -0.15) is 0 Å². The van der Waals surface area contributed by atoms with Crippen molar-refractivity contribution in [2.75, 3.05) is 0 Å². The van der Waals surface area contributed by atoms with Crippen LogP contribution in [0.5, 0.6) is 0 Å². The Morgan fingerprint density at radius 3 is 2.36 bits per heavy atom. The first-order valence-corrected chi connectivity index (χ1v) is 5.02. The molecule has 0 aliphatic carbocycles. The van der Waals surface area contributed by atoms with Crippen LogP contribution in [0.2, 0.25) is 0 Å². The Morgan fingerprint density at radius 2 is 1.73 bits per heavy atom. The van der Waals surface area contributed by atoms with Gasteiger partial charge < -0.3 is 0 Å². The molecule has 0 atom stereocenters. The minimum Gasteiger partial charge on any atom is -0.0654 e. The molecule has 0 N–H and O–H groups in total. The van der Waals surface area contributed by atoms with E-state index in [1.165, 1.54) is 44.9 Å². The molecule has 0 saturated carbocycles. The lowest BCUT2D eigenvalue weighted by Crippen LogP contribution is -1.80. The molecule has 0 amide bonds. The van der Waals surface area contributed by atoms with Crippen molar-refractivity contribution >= 4 is 0 Å². The molecule has 0 fully saturated rings. The molecule has 0 rings (SSSR count). The van der Waals surface area contributed by atoms with Gasteiger partial charge in [-0.05, 0) is 6.42 Å². The van der Waals surface area contributed by atoms with Gasteiger partial charge in [-0.15, -0.1) is 0 Å². The predicted octanol–water partition coefficient (Wildman–Crippen LogP) is 4.17. The van der Waals surface area contributed by atoms with Crippen molar-refractivity contribution < 1.29 is 0 Å². The molecule has 2 radical (unpaired) electrons. The van der Waals surface area contributed by atoms with Gasteiger partial charge in [0.05, 0.1) is 0 Å². The van der Waals surface area contributed by atoms with E-state index in [4.69, 9.17) is 0 Å². The van der Waals surface area contributed by atoms with Crippen molar-refractivity contribution in [1.29, 1.82) is 0 Å². The zero-order valence-corrected chi connectivity index (χ0v) is 7.94. The lowest BCUT2D eigenvalue weighted by Gasteiger charge is -1.98. The minimum atomic E-state index is 1.06. The highest BCUT2D eigenvalue weighted by molar-refractivity contribution is 4.64. The van der Waals surface area contributed by atoms with Gasteiger partial charge in [0.15, 0.2) is 0 Å². The Bertz CT molecular complexity index is 49.1. The van der Waals surface area contributed by atoms with Crippen LogP contribution in [0.25, 0.3) is 0 Å². The lowest BCUT2D eigenvalue weighted by molar-refractivity contribution is 0.622. The minimum absolute atomic E-state index is 1.06. The van der Waals surface area contributed by atoms with E-state index in [0.29, 0.717) is 0 Å². The van der Waals surface area contributed by atoms with E-state index < -0.39 is 0 Å². The highest BCUT2D eigenvalue weighted by atomic mass is 13.9. The van der Waals surface area contributed by atoms with Crippen molar-refractivity contribution in [3.8, 4) is 0 Å². The second-order valence-corrected chi connectivity index (χ2v) is 3.13. The van der Waals surface area contributed by atoms with Gasteiger partial charge in [0.2, 0.25) is 0 Å². The monoisotopic (exact) mass is 154 g/mol. The third-order valence-electron chi connectivity index (χ3n) is 1.92. The van der Waals surface area contributed by atoms with Crippen LogP contribution in [0.4, 0.5) is 0 Å². The zero-order chi connectivity index (χ0) is 8.36. The first-order chi connectivity index (χ1) is 5.41. The van der Waals surface area contributed by atoms with Crippen LogP contribution in [-0.4, -0.2) is 0 Å². The smallest absolute Gasteiger partial charge is 0.0386 e. The van der Waals surface area contributed by atoms with E-state index in [9.17, 15) is 0 Å². The van der Waals surface area contributed by atoms with Gasteiger partial charge in [-0.25, -0.2) is 0 Å². The topological polar surface area (TPSA) is 0 Å². The number of rotatable bonds is 8. The van der Waals surface area contributed by atoms with Gasteiger partial charge in [-0.1, -0.05) is 65.2 Å². The quantitative estimate of drug-likeness (QED) is 0.460. The standard InChI is InChI=1S/C11H22/c1-3-5-7-9-11-10-8-6-4-2/h7H,1,3-6,8-11H2,2H3. The van der Waals surface area contributed by atoms with Gasteiger partial charge in [-0.3, -0.25) is 0 Å². The van der Waals surface area contributed by atoms with E-state index in [2.05, 4.69) is 20.3 Å². The van der Waals surface area contributed by atoms with Crippen LogP contribution in [0.3, 0.4) is 0 Å². The predicted molar refractivity (Wildman–Crippen MR) is 52.3 cm³/mol. The van der Waals surface area contributed by atoms with Crippen molar-refractivity contribution in [3.63, 3.8) is 0 Å². The van der Waals surface area contributed by atoms with Crippen LogP contribution < -0.4 is 0 Å². The Balaban J connectivity index is 2.69. The molecule has 0 nitrogen and oxygen atoms in total. The summed E-state index contributed by atoms with van der Waals surface area (Å²) in [6.45, 7) is 6.06. The molecule has 0 saturated heterocycles. The van der Waals surface area contributed by atoms with Gasteiger partial charge in [0.1, 0.15) is 0 Å². The third kappa shape index (κ3) is 10.0. The summed E-state index contributed by atoms with van der Waals surface area (Å²) in [7, 11) is 0. The number of hydrogen-bond donors (Lipinski definition) is 0. The Kier molecular flexibility index (Phi) is 10.0. The molecular formula is C11H22. The van der Waals surface area contributed by atoms with E-state index in [-0.39, 0.29) is 0 Å². The summed E-state index contributed by atoms with van der Waals surface area (Å²) in [5.74, 6) is 0. The summed E-state index contributed by atoms with van der Waals surface area (Å²) in [5, 5.41) is 0. The molecule has 0 aromatic heterocycles. The van der Waals surface area contributed by atoms with Crippen LogP contribution in [0.1, 0.15) is 58.3 Å². The normalized spacial score (nSPS) is 10.4. The fraction of sp³-hybridized carbons (Fsp3) is 0.818. The van der Waals surface area contributed by atoms with Crippen molar-refractivity contribution in [3.05, 3.63) is 13.3 Å². The van der Waals surface area contributed by atoms with Crippen molar-refractivity contribution in [1.82, 2.24) is 0 Å². The van der Waals surface area contributed by atoms with E-state index in [1.807, 2.05) is 0 Å². The molecule has 11 heavy (non-hydrogen) atoms. The maximum absolute atomic E-state index is 3.80. The summed E-state index contributed by atoms with van der Waals surface area (Å²) < 4.78 is 0. The molecule has 66 valence electrons. The van der Waals surface area contributed by atoms with Crippen LogP contribution in [0.15, 0.2) is 0 Å². The number of unbranched alkanes of at least 4 members (excludes halogenated alkanes) is 8. The van der Waals surface area contributed by atoms with Crippen LogP contribution in [-0.2, 0) is 0 Å². The molecule has 0 aromatic rings. The summed E-state index contributed by atoms with van der Waals surface area (Å²) >= 11 is 0. The molecular weight excluding hydrogens is 132 g/mol. The van der Waals surface area contributed by atoms with Gasteiger partial charge in [0.25, 0.3) is 0 Å². The largest absolute Gasteiger partial charge is 0.0654 e. The number of hydrogen-bond acceptors (Lipinski definition) is 0. The third-order valence-corrected chi connectivity index (χ3v) is 1.92. The van der Waals surface area contributed by atoms with Crippen LogP contribution in [0, 0.1) is 13.3 Å². The molecule has 0 aromatic carbocycles. The van der Waals surface area contributed by atoms with Crippen LogP contribution >= 0.6 is 0 Å². The van der Waals surface area contributed by atoms with E-state index in [0.717, 1.165) is 6.42 Å². The average molecular weight is 154 g/mol. The molecule has 0 aliphatic heterocycles. The molecule has 0 spiro atoms. The summed E-state index contributed by atoms with van der Waals surface area (Å²) in [4.78, 5) is 0. The first-order valence-electron chi connectivity index (χ1n) is 5.02. The summed E-state index contributed by atoms with van der Waals surface area (Å²) in [6.07, 6.45) is 12.9. The second kappa shape index (κ2) is 10.0. The fourth-order valence-corrected chi connectivity index (χ4v) is 1.18. The van der Waals surface area contributed by atoms with E-state index in [1.54, 1.807) is 0 Å².